The van der Waals surface area contributed by atoms with E-state index in [0.29, 0.717) is 17.4 Å². The van der Waals surface area contributed by atoms with Crippen molar-refractivity contribution in [2.75, 3.05) is 6.61 Å². The zero-order chi connectivity index (χ0) is 15.1. The maximum absolute atomic E-state index is 11.6. The quantitative estimate of drug-likeness (QED) is 0.833. The smallest absolute Gasteiger partial charge is 0.281 e. The lowest BCUT2D eigenvalue weighted by Gasteiger charge is -2.10. The minimum absolute atomic E-state index is 0.114. The lowest BCUT2D eigenvalue weighted by molar-refractivity contribution is -0.136. The molecule has 0 atom stereocenters. The third-order valence-corrected chi connectivity index (χ3v) is 3.00. The van der Waals surface area contributed by atoms with Crippen LogP contribution >= 0.6 is 11.6 Å². The first-order chi connectivity index (χ1) is 10.1. The average molecular weight is 306 g/mol. The molecule has 1 N–H and O–H groups in total. The van der Waals surface area contributed by atoms with Gasteiger partial charge in [0.15, 0.2) is 6.61 Å². The highest BCUT2D eigenvalue weighted by Gasteiger charge is 2.05. The van der Waals surface area contributed by atoms with Gasteiger partial charge in [0.25, 0.3) is 5.91 Å². The van der Waals surface area contributed by atoms with Crippen LogP contribution in [0.15, 0.2) is 48.5 Å². The summed E-state index contributed by atoms with van der Waals surface area (Å²) in [5, 5.41) is 0.635. The summed E-state index contributed by atoms with van der Waals surface area (Å²) >= 11 is 5.85. The second kappa shape index (κ2) is 7.67. The van der Waals surface area contributed by atoms with Crippen molar-refractivity contribution in [1.82, 2.24) is 5.48 Å². The minimum Gasteiger partial charge on any atom is -0.483 e. The van der Waals surface area contributed by atoms with Crippen LogP contribution in [0.1, 0.15) is 11.1 Å². The molecule has 0 bridgehead atoms. The number of amides is 1. The second-order valence-electron chi connectivity index (χ2n) is 4.50. The molecule has 5 heteroatoms. The predicted molar refractivity (Wildman–Crippen MR) is 81.1 cm³/mol. The number of ether oxygens (including phenoxy) is 1. The monoisotopic (exact) mass is 305 g/mol. The fourth-order valence-electron chi connectivity index (χ4n) is 1.72. The summed E-state index contributed by atoms with van der Waals surface area (Å²) in [5.74, 6) is 0.276. The van der Waals surface area contributed by atoms with Crippen LogP contribution in [-0.4, -0.2) is 12.5 Å². The second-order valence-corrected chi connectivity index (χ2v) is 4.93. The third kappa shape index (κ3) is 5.10. The van der Waals surface area contributed by atoms with Gasteiger partial charge in [-0.25, -0.2) is 5.48 Å². The van der Waals surface area contributed by atoms with Crippen molar-refractivity contribution in [3.8, 4) is 5.75 Å². The van der Waals surface area contributed by atoms with Gasteiger partial charge in [-0.1, -0.05) is 41.9 Å². The van der Waals surface area contributed by atoms with E-state index in [-0.39, 0.29) is 12.5 Å². The van der Waals surface area contributed by atoms with E-state index in [2.05, 4.69) is 5.48 Å². The van der Waals surface area contributed by atoms with Crippen molar-refractivity contribution in [3.05, 3.63) is 64.7 Å². The number of halogens is 1. The Kier molecular flexibility index (Phi) is 5.60. The van der Waals surface area contributed by atoms with E-state index in [4.69, 9.17) is 21.2 Å². The molecular formula is C16H16ClNO3. The van der Waals surface area contributed by atoms with Gasteiger partial charge in [-0.2, -0.15) is 0 Å². The maximum Gasteiger partial charge on any atom is 0.281 e. The molecule has 2 aromatic carbocycles. The van der Waals surface area contributed by atoms with Gasteiger partial charge in [-0.05, 0) is 36.2 Å². The summed E-state index contributed by atoms with van der Waals surface area (Å²) in [6, 6.07) is 14.8. The fourth-order valence-corrected chi connectivity index (χ4v) is 1.95. The molecule has 2 aromatic rings. The lowest BCUT2D eigenvalue weighted by atomic mass is 10.2. The molecule has 0 radical (unpaired) electrons. The molecule has 21 heavy (non-hydrogen) atoms. The Morgan fingerprint density at radius 3 is 2.67 bits per heavy atom. The van der Waals surface area contributed by atoms with Crippen LogP contribution < -0.4 is 10.2 Å². The summed E-state index contributed by atoms with van der Waals surface area (Å²) in [7, 11) is 0. The van der Waals surface area contributed by atoms with E-state index >= 15 is 0 Å². The van der Waals surface area contributed by atoms with Gasteiger partial charge in [0.05, 0.1) is 6.61 Å². The largest absolute Gasteiger partial charge is 0.483 e. The highest BCUT2D eigenvalue weighted by atomic mass is 35.5. The van der Waals surface area contributed by atoms with E-state index in [9.17, 15) is 4.79 Å². The molecule has 0 unspecified atom stereocenters. The molecule has 1 amide bonds. The van der Waals surface area contributed by atoms with Crippen LogP contribution in [0.3, 0.4) is 0 Å². The first-order valence-corrected chi connectivity index (χ1v) is 6.86. The van der Waals surface area contributed by atoms with Crippen LogP contribution in [0.4, 0.5) is 0 Å². The van der Waals surface area contributed by atoms with Gasteiger partial charge >= 0.3 is 0 Å². The summed E-state index contributed by atoms with van der Waals surface area (Å²) in [6.45, 7) is 2.06. The zero-order valence-corrected chi connectivity index (χ0v) is 12.4. The van der Waals surface area contributed by atoms with E-state index in [0.717, 1.165) is 11.1 Å². The molecule has 0 fully saturated rings. The topological polar surface area (TPSA) is 47.6 Å². The molecule has 0 saturated carbocycles. The van der Waals surface area contributed by atoms with Gasteiger partial charge in [0.1, 0.15) is 5.75 Å². The number of hydroxylamine groups is 1. The maximum atomic E-state index is 11.6. The molecule has 110 valence electrons. The molecule has 0 spiro atoms. The fraction of sp³-hybridized carbons (Fsp3) is 0.188. The number of hydrogen-bond acceptors (Lipinski definition) is 3. The number of carbonyl (C=O) groups is 1. The Balaban J connectivity index is 1.72. The normalized spacial score (nSPS) is 10.2. The standard InChI is InChI=1S/C16H16ClNO3/c1-12-9-14(17)7-8-15(12)20-11-16(19)18-21-10-13-5-3-2-4-6-13/h2-9H,10-11H2,1H3,(H,18,19). The Morgan fingerprint density at radius 2 is 1.95 bits per heavy atom. The molecular weight excluding hydrogens is 290 g/mol. The van der Waals surface area contributed by atoms with Crippen LogP contribution in [0, 0.1) is 6.92 Å². The summed E-state index contributed by atoms with van der Waals surface area (Å²) in [5.41, 5.74) is 4.20. The summed E-state index contributed by atoms with van der Waals surface area (Å²) in [4.78, 5) is 16.7. The van der Waals surface area contributed by atoms with Crippen molar-refractivity contribution in [3.63, 3.8) is 0 Å². The Labute approximate surface area is 128 Å². The minimum atomic E-state index is -0.347. The first-order valence-electron chi connectivity index (χ1n) is 6.48. The van der Waals surface area contributed by atoms with Crippen LogP contribution in [0.2, 0.25) is 5.02 Å². The van der Waals surface area contributed by atoms with Crippen molar-refractivity contribution >= 4 is 17.5 Å². The van der Waals surface area contributed by atoms with E-state index in [1.54, 1.807) is 18.2 Å². The Bertz CT molecular complexity index is 602. The molecule has 0 saturated heterocycles. The van der Waals surface area contributed by atoms with Crippen LogP contribution in [0.25, 0.3) is 0 Å². The van der Waals surface area contributed by atoms with E-state index in [1.165, 1.54) is 0 Å². The molecule has 0 aromatic heterocycles. The van der Waals surface area contributed by atoms with Crippen molar-refractivity contribution in [1.29, 1.82) is 0 Å². The number of carbonyl (C=O) groups excluding carboxylic acids is 1. The Hall–Kier alpha value is -2.04. The van der Waals surface area contributed by atoms with Crippen LogP contribution in [-0.2, 0) is 16.2 Å². The van der Waals surface area contributed by atoms with E-state index in [1.807, 2.05) is 37.3 Å². The van der Waals surface area contributed by atoms with Crippen LogP contribution in [0.5, 0.6) is 5.75 Å². The van der Waals surface area contributed by atoms with Gasteiger partial charge in [0, 0.05) is 5.02 Å². The molecule has 0 aliphatic heterocycles. The first kappa shape index (κ1) is 15.4. The summed E-state index contributed by atoms with van der Waals surface area (Å²) in [6.07, 6.45) is 0. The number of aryl methyl sites for hydroxylation is 1. The highest BCUT2D eigenvalue weighted by Crippen LogP contribution is 2.21. The predicted octanol–water partition coefficient (Wildman–Crippen LogP) is 3.28. The zero-order valence-electron chi connectivity index (χ0n) is 11.6. The molecule has 2 rings (SSSR count). The van der Waals surface area contributed by atoms with E-state index < -0.39 is 0 Å². The lowest BCUT2D eigenvalue weighted by Crippen LogP contribution is -2.29. The SMILES string of the molecule is Cc1cc(Cl)ccc1OCC(=O)NOCc1ccccc1. The van der Waals surface area contributed by atoms with Gasteiger partial charge in [-0.3, -0.25) is 9.63 Å². The van der Waals surface area contributed by atoms with Crippen molar-refractivity contribution in [2.45, 2.75) is 13.5 Å². The third-order valence-electron chi connectivity index (χ3n) is 2.76. The molecule has 4 nitrogen and oxygen atoms in total. The van der Waals surface area contributed by atoms with Gasteiger partial charge in [-0.15, -0.1) is 0 Å². The Morgan fingerprint density at radius 1 is 1.19 bits per heavy atom. The molecule has 0 heterocycles. The average Bonchev–Trinajstić information content (AvgIpc) is 2.47. The van der Waals surface area contributed by atoms with Gasteiger partial charge < -0.3 is 4.74 Å². The number of hydrogen-bond donors (Lipinski definition) is 1. The number of rotatable bonds is 6. The molecule has 0 aliphatic rings. The molecule has 0 aliphatic carbocycles. The van der Waals surface area contributed by atoms with Crippen molar-refractivity contribution < 1.29 is 14.4 Å². The number of benzene rings is 2. The highest BCUT2D eigenvalue weighted by molar-refractivity contribution is 6.30. The number of nitrogens with one attached hydrogen (secondary N) is 1. The summed E-state index contributed by atoms with van der Waals surface area (Å²) < 4.78 is 5.41. The van der Waals surface area contributed by atoms with Gasteiger partial charge in [0.2, 0.25) is 0 Å². The van der Waals surface area contributed by atoms with Crippen molar-refractivity contribution in [2.24, 2.45) is 0 Å².